The highest BCUT2D eigenvalue weighted by Crippen LogP contribution is 2.33. The lowest BCUT2D eigenvalue weighted by atomic mass is 10.2. The van der Waals surface area contributed by atoms with Crippen LogP contribution in [0.15, 0.2) is 42.5 Å². The van der Waals surface area contributed by atoms with Crippen molar-refractivity contribution in [2.75, 3.05) is 18.0 Å². The molecule has 0 spiro atoms. The van der Waals surface area contributed by atoms with E-state index in [1.54, 1.807) is 6.07 Å². The van der Waals surface area contributed by atoms with E-state index >= 15 is 0 Å². The summed E-state index contributed by atoms with van der Waals surface area (Å²) in [6.45, 7) is 3.82. The van der Waals surface area contributed by atoms with E-state index in [2.05, 4.69) is 4.90 Å². The van der Waals surface area contributed by atoms with Gasteiger partial charge in [0.1, 0.15) is 11.5 Å². The number of non-ortho nitro benzene ring substituents is 1. The monoisotopic (exact) mass is 298 g/mol. The molecular formula is C17H18N2O3. The molecule has 5 heteroatoms. The minimum absolute atomic E-state index is 0.0629. The summed E-state index contributed by atoms with van der Waals surface area (Å²) in [6.07, 6.45) is 2.24. The summed E-state index contributed by atoms with van der Waals surface area (Å²) in [5.74, 6) is 1.22. The second kappa shape index (κ2) is 6.05. The maximum absolute atomic E-state index is 11.2. The van der Waals surface area contributed by atoms with Gasteiger partial charge in [0, 0.05) is 30.9 Å². The van der Waals surface area contributed by atoms with Crippen molar-refractivity contribution in [1.82, 2.24) is 0 Å². The van der Waals surface area contributed by atoms with Gasteiger partial charge in [0.25, 0.3) is 5.69 Å². The number of ether oxygens (including phenoxy) is 1. The topological polar surface area (TPSA) is 55.6 Å². The van der Waals surface area contributed by atoms with E-state index in [-0.39, 0.29) is 10.6 Å². The molecule has 1 fully saturated rings. The zero-order valence-corrected chi connectivity index (χ0v) is 12.5. The molecule has 0 radical (unpaired) electrons. The zero-order chi connectivity index (χ0) is 15.5. The number of anilines is 1. The van der Waals surface area contributed by atoms with Crippen LogP contribution in [0.25, 0.3) is 0 Å². The minimum atomic E-state index is -0.371. The largest absolute Gasteiger partial charge is 0.457 e. The predicted molar refractivity (Wildman–Crippen MR) is 85.8 cm³/mol. The van der Waals surface area contributed by atoms with Gasteiger partial charge in [-0.15, -0.1) is 0 Å². The van der Waals surface area contributed by atoms with Crippen molar-refractivity contribution in [3.05, 3.63) is 58.1 Å². The predicted octanol–water partition coefficient (Wildman–Crippen LogP) is 4.30. The van der Waals surface area contributed by atoms with E-state index in [1.807, 2.05) is 37.3 Å². The summed E-state index contributed by atoms with van der Waals surface area (Å²) in [6, 6.07) is 12.6. The van der Waals surface area contributed by atoms with Gasteiger partial charge in [-0.3, -0.25) is 10.1 Å². The summed E-state index contributed by atoms with van der Waals surface area (Å²) in [4.78, 5) is 13.0. The highest BCUT2D eigenvalue weighted by atomic mass is 16.6. The quantitative estimate of drug-likeness (QED) is 0.624. The molecule has 0 atom stereocenters. The number of para-hydroxylation sites is 1. The Labute approximate surface area is 129 Å². The maximum atomic E-state index is 11.2. The molecule has 3 rings (SSSR count). The Morgan fingerprint density at radius 2 is 1.86 bits per heavy atom. The van der Waals surface area contributed by atoms with Crippen LogP contribution < -0.4 is 9.64 Å². The fourth-order valence-electron chi connectivity index (χ4n) is 2.69. The molecule has 22 heavy (non-hydrogen) atoms. The van der Waals surface area contributed by atoms with Gasteiger partial charge < -0.3 is 9.64 Å². The van der Waals surface area contributed by atoms with E-state index in [4.69, 9.17) is 4.74 Å². The van der Waals surface area contributed by atoms with Gasteiger partial charge in [0.05, 0.1) is 11.0 Å². The van der Waals surface area contributed by atoms with Crippen LogP contribution in [0.1, 0.15) is 18.4 Å². The average molecular weight is 298 g/mol. The molecule has 0 N–H and O–H groups in total. The Morgan fingerprint density at radius 3 is 2.55 bits per heavy atom. The molecule has 0 aromatic heterocycles. The van der Waals surface area contributed by atoms with Gasteiger partial charge in [-0.2, -0.15) is 0 Å². The number of nitrogens with zero attached hydrogens (tertiary/aromatic N) is 2. The number of rotatable bonds is 4. The second-order valence-corrected chi connectivity index (χ2v) is 5.50. The van der Waals surface area contributed by atoms with E-state index in [0.29, 0.717) is 5.75 Å². The lowest BCUT2D eigenvalue weighted by Gasteiger charge is -2.18. The first kappa shape index (κ1) is 14.4. The first-order chi connectivity index (χ1) is 10.6. The summed E-state index contributed by atoms with van der Waals surface area (Å²) in [5.41, 5.74) is 1.92. The van der Waals surface area contributed by atoms with Crippen molar-refractivity contribution in [1.29, 1.82) is 0 Å². The van der Waals surface area contributed by atoms with Gasteiger partial charge in [0.15, 0.2) is 0 Å². The van der Waals surface area contributed by atoms with Crippen molar-refractivity contribution in [3.63, 3.8) is 0 Å². The van der Waals surface area contributed by atoms with Crippen LogP contribution >= 0.6 is 0 Å². The molecule has 1 saturated heterocycles. The third kappa shape index (κ3) is 3.03. The first-order valence-corrected chi connectivity index (χ1v) is 7.41. The van der Waals surface area contributed by atoms with Crippen molar-refractivity contribution in [3.8, 4) is 11.5 Å². The summed E-state index contributed by atoms with van der Waals surface area (Å²) < 4.78 is 5.87. The molecule has 5 nitrogen and oxygen atoms in total. The fourth-order valence-corrected chi connectivity index (χ4v) is 2.69. The summed E-state index contributed by atoms with van der Waals surface area (Å²) in [7, 11) is 0. The Morgan fingerprint density at radius 1 is 1.14 bits per heavy atom. The Kier molecular flexibility index (Phi) is 3.96. The van der Waals surface area contributed by atoms with E-state index < -0.39 is 0 Å². The molecule has 0 unspecified atom stereocenters. The smallest absolute Gasteiger partial charge is 0.275 e. The molecule has 0 bridgehead atoms. The molecular weight excluding hydrogens is 280 g/mol. The van der Waals surface area contributed by atoms with Crippen molar-refractivity contribution < 1.29 is 9.66 Å². The normalized spacial score (nSPS) is 14.1. The maximum Gasteiger partial charge on any atom is 0.275 e. The van der Waals surface area contributed by atoms with Crippen LogP contribution in [0.5, 0.6) is 11.5 Å². The molecule has 0 saturated carbocycles. The molecule has 2 aromatic rings. The van der Waals surface area contributed by atoms with Gasteiger partial charge in [0.2, 0.25) is 0 Å². The number of hydrogen-bond acceptors (Lipinski definition) is 4. The summed E-state index contributed by atoms with van der Waals surface area (Å²) in [5, 5.41) is 11.2. The van der Waals surface area contributed by atoms with Crippen molar-refractivity contribution in [2.45, 2.75) is 19.8 Å². The number of aryl methyl sites for hydroxylation is 1. The molecule has 1 aliphatic heterocycles. The minimum Gasteiger partial charge on any atom is -0.457 e. The Hall–Kier alpha value is -2.56. The van der Waals surface area contributed by atoms with Crippen LogP contribution in [-0.4, -0.2) is 18.0 Å². The van der Waals surface area contributed by atoms with Crippen LogP contribution in [-0.2, 0) is 0 Å². The lowest BCUT2D eigenvalue weighted by Crippen LogP contribution is -2.17. The highest BCUT2D eigenvalue weighted by Gasteiger charge is 2.18. The molecule has 1 heterocycles. The standard InChI is InChI=1S/C17H18N2O3/c1-13-6-2-3-7-17(13)22-16-11-14(18-8-4-5-9-18)10-15(12-16)19(20)21/h2-3,6-7,10-12H,4-5,8-9H2,1H3. The van der Waals surface area contributed by atoms with Crippen LogP contribution in [0.3, 0.4) is 0 Å². The first-order valence-electron chi connectivity index (χ1n) is 7.41. The highest BCUT2D eigenvalue weighted by molar-refractivity contribution is 5.59. The van der Waals surface area contributed by atoms with Crippen LogP contribution in [0.4, 0.5) is 11.4 Å². The van der Waals surface area contributed by atoms with E-state index in [9.17, 15) is 10.1 Å². The number of nitro benzene ring substituents is 1. The summed E-state index contributed by atoms with van der Waals surface area (Å²) >= 11 is 0. The van der Waals surface area contributed by atoms with Gasteiger partial charge >= 0.3 is 0 Å². The molecule has 114 valence electrons. The van der Waals surface area contributed by atoms with Crippen molar-refractivity contribution >= 4 is 11.4 Å². The molecule has 0 aliphatic carbocycles. The average Bonchev–Trinajstić information content (AvgIpc) is 3.03. The van der Waals surface area contributed by atoms with Crippen molar-refractivity contribution in [2.24, 2.45) is 0 Å². The fraction of sp³-hybridized carbons (Fsp3) is 0.294. The van der Waals surface area contributed by atoms with E-state index in [0.717, 1.165) is 42.9 Å². The number of nitro groups is 1. The molecule has 2 aromatic carbocycles. The second-order valence-electron chi connectivity index (χ2n) is 5.50. The Balaban J connectivity index is 1.95. The van der Waals surface area contributed by atoms with E-state index in [1.165, 1.54) is 6.07 Å². The van der Waals surface area contributed by atoms with Gasteiger partial charge in [-0.25, -0.2) is 0 Å². The zero-order valence-electron chi connectivity index (χ0n) is 12.5. The Bertz CT molecular complexity index is 694. The SMILES string of the molecule is Cc1ccccc1Oc1cc(N2CCCC2)cc([N+](=O)[O-])c1. The van der Waals surface area contributed by atoms with Crippen LogP contribution in [0.2, 0.25) is 0 Å². The molecule has 0 amide bonds. The third-order valence-corrected chi connectivity index (χ3v) is 3.88. The van der Waals surface area contributed by atoms with Gasteiger partial charge in [-0.1, -0.05) is 18.2 Å². The number of benzene rings is 2. The lowest BCUT2D eigenvalue weighted by molar-refractivity contribution is -0.384. The number of hydrogen-bond donors (Lipinski definition) is 0. The van der Waals surface area contributed by atoms with Crippen LogP contribution in [0, 0.1) is 17.0 Å². The third-order valence-electron chi connectivity index (χ3n) is 3.88. The van der Waals surface area contributed by atoms with Gasteiger partial charge in [-0.05, 0) is 31.4 Å². The molecule has 1 aliphatic rings.